The van der Waals surface area contributed by atoms with Crippen molar-refractivity contribution in [1.29, 1.82) is 0 Å². The highest BCUT2D eigenvalue weighted by Crippen LogP contribution is 2.35. The van der Waals surface area contributed by atoms with Gasteiger partial charge in [-0.15, -0.1) is 11.3 Å². The zero-order valence-electron chi connectivity index (χ0n) is 13.2. The lowest BCUT2D eigenvalue weighted by Gasteiger charge is -2.19. The van der Waals surface area contributed by atoms with Gasteiger partial charge >= 0.3 is 0 Å². The average molecular weight is 306 g/mol. The van der Waals surface area contributed by atoms with Gasteiger partial charge in [0.15, 0.2) is 0 Å². The summed E-state index contributed by atoms with van der Waals surface area (Å²) in [5, 5.41) is 4.55. The zero-order valence-corrected chi connectivity index (χ0v) is 14.0. The van der Waals surface area contributed by atoms with Crippen LogP contribution in [-0.2, 0) is 0 Å². The molecule has 0 saturated carbocycles. The van der Waals surface area contributed by atoms with Gasteiger partial charge in [-0.05, 0) is 38.6 Å². The van der Waals surface area contributed by atoms with Crippen LogP contribution in [0.5, 0.6) is 11.5 Å². The molecular weight excluding hydrogens is 284 g/mol. The first-order valence-corrected chi connectivity index (χ1v) is 7.81. The second-order valence-electron chi connectivity index (χ2n) is 4.79. The fourth-order valence-electron chi connectivity index (χ4n) is 2.22. The minimum absolute atomic E-state index is 0.0115. The molecule has 1 N–H and O–H groups in total. The molecule has 0 saturated heterocycles. The largest absolute Gasteiger partial charge is 0.497 e. The van der Waals surface area contributed by atoms with Gasteiger partial charge in [0, 0.05) is 10.4 Å². The standard InChI is InChI=1S/C16H22N2O2S/c1-6-17-15(16-18-10(2)11(3)21-16)13-9-12(19-4)7-8-14(13)20-5/h7-9,15,17H,6H2,1-5H3. The van der Waals surface area contributed by atoms with Gasteiger partial charge in [-0.1, -0.05) is 6.92 Å². The molecular formula is C16H22N2O2S. The Bertz CT molecular complexity index is 591. The molecule has 2 aromatic rings. The summed E-state index contributed by atoms with van der Waals surface area (Å²) >= 11 is 1.72. The molecule has 5 heteroatoms. The number of nitrogens with zero attached hydrogens (tertiary/aromatic N) is 1. The van der Waals surface area contributed by atoms with Crippen LogP contribution in [0.3, 0.4) is 0 Å². The predicted octanol–water partition coefficient (Wildman–Crippen LogP) is 3.48. The lowest BCUT2D eigenvalue weighted by atomic mass is 10.1. The maximum absolute atomic E-state index is 5.51. The van der Waals surface area contributed by atoms with Crippen LogP contribution in [0.15, 0.2) is 18.2 Å². The van der Waals surface area contributed by atoms with Crippen LogP contribution in [-0.4, -0.2) is 25.7 Å². The first-order chi connectivity index (χ1) is 10.1. The molecule has 0 amide bonds. The maximum Gasteiger partial charge on any atom is 0.124 e. The Morgan fingerprint density at radius 1 is 1.24 bits per heavy atom. The van der Waals surface area contributed by atoms with Crippen molar-refractivity contribution >= 4 is 11.3 Å². The lowest BCUT2D eigenvalue weighted by molar-refractivity contribution is 0.394. The first-order valence-electron chi connectivity index (χ1n) is 6.99. The molecule has 21 heavy (non-hydrogen) atoms. The third-order valence-corrected chi connectivity index (χ3v) is 4.59. The molecule has 0 radical (unpaired) electrons. The Labute approximate surface area is 130 Å². The van der Waals surface area contributed by atoms with Crippen molar-refractivity contribution in [1.82, 2.24) is 10.3 Å². The molecule has 0 aliphatic carbocycles. The van der Waals surface area contributed by atoms with Crippen molar-refractivity contribution in [2.24, 2.45) is 0 Å². The topological polar surface area (TPSA) is 43.4 Å². The molecule has 0 aliphatic rings. The molecule has 2 rings (SSSR count). The van der Waals surface area contributed by atoms with Crippen LogP contribution in [0.25, 0.3) is 0 Å². The molecule has 4 nitrogen and oxygen atoms in total. The Morgan fingerprint density at radius 2 is 2.00 bits per heavy atom. The fourth-order valence-corrected chi connectivity index (χ4v) is 3.24. The third-order valence-electron chi connectivity index (χ3n) is 3.45. The number of aromatic nitrogens is 1. The van der Waals surface area contributed by atoms with Crippen LogP contribution in [0, 0.1) is 13.8 Å². The van der Waals surface area contributed by atoms with Crippen molar-refractivity contribution in [3.05, 3.63) is 39.3 Å². The molecule has 0 fully saturated rings. The molecule has 1 unspecified atom stereocenters. The van der Waals surface area contributed by atoms with Crippen LogP contribution in [0.4, 0.5) is 0 Å². The van der Waals surface area contributed by atoms with Crippen molar-refractivity contribution in [2.75, 3.05) is 20.8 Å². The van der Waals surface area contributed by atoms with E-state index in [1.54, 1.807) is 25.6 Å². The van der Waals surface area contributed by atoms with Gasteiger partial charge in [0.2, 0.25) is 0 Å². The third kappa shape index (κ3) is 3.36. The summed E-state index contributed by atoms with van der Waals surface area (Å²) in [6.07, 6.45) is 0. The van der Waals surface area contributed by atoms with Gasteiger partial charge in [-0.2, -0.15) is 0 Å². The molecule has 114 valence electrons. The van der Waals surface area contributed by atoms with E-state index >= 15 is 0 Å². The van der Waals surface area contributed by atoms with Crippen LogP contribution < -0.4 is 14.8 Å². The van der Waals surface area contributed by atoms with Crippen molar-refractivity contribution in [3.8, 4) is 11.5 Å². The van der Waals surface area contributed by atoms with Gasteiger partial charge < -0.3 is 14.8 Å². The molecule has 1 aromatic carbocycles. The molecule has 0 spiro atoms. The lowest BCUT2D eigenvalue weighted by Crippen LogP contribution is -2.22. The first kappa shape index (κ1) is 15.8. The van der Waals surface area contributed by atoms with Crippen LogP contribution in [0.2, 0.25) is 0 Å². The van der Waals surface area contributed by atoms with Crippen LogP contribution >= 0.6 is 11.3 Å². The van der Waals surface area contributed by atoms with E-state index < -0.39 is 0 Å². The van der Waals surface area contributed by atoms with E-state index in [9.17, 15) is 0 Å². The Kier molecular flexibility index (Phi) is 5.20. The van der Waals surface area contributed by atoms with Gasteiger partial charge in [-0.25, -0.2) is 4.98 Å². The summed E-state index contributed by atoms with van der Waals surface area (Å²) < 4.78 is 10.9. The van der Waals surface area contributed by atoms with Crippen molar-refractivity contribution in [3.63, 3.8) is 0 Å². The highest BCUT2D eigenvalue weighted by molar-refractivity contribution is 7.11. The fraction of sp³-hybridized carbons (Fsp3) is 0.438. The summed E-state index contributed by atoms with van der Waals surface area (Å²) in [7, 11) is 3.36. The van der Waals surface area contributed by atoms with Gasteiger partial charge in [0.1, 0.15) is 16.5 Å². The van der Waals surface area contributed by atoms with Gasteiger partial charge in [0.25, 0.3) is 0 Å². The number of ether oxygens (including phenoxy) is 2. The highest BCUT2D eigenvalue weighted by Gasteiger charge is 2.22. The Morgan fingerprint density at radius 3 is 2.52 bits per heavy atom. The van der Waals surface area contributed by atoms with E-state index in [2.05, 4.69) is 19.2 Å². The second kappa shape index (κ2) is 6.91. The zero-order chi connectivity index (χ0) is 15.4. The summed E-state index contributed by atoms with van der Waals surface area (Å²) in [5.74, 6) is 1.66. The van der Waals surface area contributed by atoms with E-state index in [-0.39, 0.29) is 6.04 Å². The van der Waals surface area contributed by atoms with Gasteiger partial charge in [0.05, 0.1) is 26.0 Å². The number of aryl methyl sites for hydroxylation is 2. The number of hydrogen-bond acceptors (Lipinski definition) is 5. The molecule has 1 heterocycles. The van der Waals surface area contributed by atoms with Crippen molar-refractivity contribution in [2.45, 2.75) is 26.8 Å². The second-order valence-corrected chi connectivity index (χ2v) is 6.03. The minimum atomic E-state index is 0.0115. The molecule has 1 atom stereocenters. The molecule has 1 aromatic heterocycles. The average Bonchev–Trinajstić information content (AvgIpc) is 2.83. The number of nitrogens with one attached hydrogen (secondary N) is 1. The Hall–Kier alpha value is -1.59. The van der Waals surface area contributed by atoms with E-state index in [0.29, 0.717) is 0 Å². The minimum Gasteiger partial charge on any atom is -0.497 e. The maximum atomic E-state index is 5.51. The highest BCUT2D eigenvalue weighted by atomic mass is 32.1. The predicted molar refractivity (Wildman–Crippen MR) is 86.7 cm³/mol. The monoisotopic (exact) mass is 306 g/mol. The molecule has 0 aliphatic heterocycles. The number of hydrogen-bond donors (Lipinski definition) is 1. The summed E-state index contributed by atoms with van der Waals surface area (Å²) in [4.78, 5) is 5.94. The van der Waals surface area contributed by atoms with Crippen molar-refractivity contribution < 1.29 is 9.47 Å². The van der Waals surface area contributed by atoms with E-state index in [4.69, 9.17) is 14.5 Å². The van der Waals surface area contributed by atoms with E-state index in [0.717, 1.165) is 34.3 Å². The number of methoxy groups -OCH3 is 2. The number of rotatable bonds is 6. The number of benzene rings is 1. The smallest absolute Gasteiger partial charge is 0.124 e. The summed E-state index contributed by atoms with van der Waals surface area (Å²) in [6, 6.07) is 5.87. The SMILES string of the molecule is CCNC(c1nc(C)c(C)s1)c1cc(OC)ccc1OC. The summed E-state index contributed by atoms with van der Waals surface area (Å²) in [5.41, 5.74) is 2.13. The van der Waals surface area contributed by atoms with Gasteiger partial charge in [-0.3, -0.25) is 0 Å². The van der Waals surface area contributed by atoms with E-state index in [1.165, 1.54) is 4.88 Å². The summed E-state index contributed by atoms with van der Waals surface area (Å²) in [6.45, 7) is 7.08. The normalized spacial score (nSPS) is 12.2. The Balaban J connectivity index is 2.51. The van der Waals surface area contributed by atoms with Crippen LogP contribution in [0.1, 0.15) is 34.1 Å². The number of thiazole rings is 1. The van der Waals surface area contributed by atoms with E-state index in [1.807, 2.05) is 25.1 Å². The quantitative estimate of drug-likeness (QED) is 0.887. The molecule has 0 bridgehead atoms.